The van der Waals surface area contributed by atoms with Gasteiger partial charge in [-0.2, -0.15) is 18.3 Å². The van der Waals surface area contributed by atoms with E-state index in [1.54, 1.807) is 4.57 Å². The summed E-state index contributed by atoms with van der Waals surface area (Å²) >= 11 is 5.12. The highest BCUT2D eigenvalue weighted by Crippen LogP contribution is 2.38. The maximum Gasteiger partial charge on any atom is 0.419 e. The lowest BCUT2D eigenvalue weighted by atomic mass is 10.1. The molecule has 0 aliphatic heterocycles. The summed E-state index contributed by atoms with van der Waals surface area (Å²) < 4.78 is 54.2. The van der Waals surface area contributed by atoms with Crippen molar-refractivity contribution in [1.29, 1.82) is 0 Å². The van der Waals surface area contributed by atoms with Crippen molar-refractivity contribution in [1.82, 2.24) is 20.1 Å². The molecule has 1 fully saturated rings. The minimum absolute atomic E-state index is 0.0854. The number of carbonyl (C=O) groups is 1. The Labute approximate surface area is 145 Å². The molecule has 5 nitrogen and oxygen atoms in total. The van der Waals surface area contributed by atoms with Gasteiger partial charge in [0.05, 0.1) is 11.1 Å². The number of H-pyrrole nitrogens is 1. The fourth-order valence-electron chi connectivity index (χ4n) is 2.50. The Morgan fingerprint density at radius 2 is 2.12 bits per heavy atom. The molecule has 2 aromatic rings. The van der Waals surface area contributed by atoms with Gasteiger partial charge in [-0.25, -0.2) is 4.39 Å². The number of hydrogen-bond donors (Lipinski definition) is 2. The normalized spacial score (nSPS) is 14.6. The first-order valence-electron chi connectivity index (χ1n) is 7.58. The number of aromatic amines is 1. The molecule has 1 aliphatic carbocycles. The second-order valence-electron chi connectivity index (χ2n) is 5.73. The Balaban J connectivity index is 1.68. The second kappa shape index (κ2) is 6.58. The molecule has 0 bridgehead atoms. The molecule has 0 unspecified atom stereocenters. The lowest BCUT2D eigenvalue weighted by Gasteiger charge is -2.12. The van der Waals surface area contributed by atoms with Gasteiger partial charge in [0, 0.05) is 19.0 Å². The number of benzene rings is 1. The summed E-state index contributed by atoms with van der Waals surface area (Å²) in [6, 6.07) is 2.61. The second-order valence-corrected chi connectivity index (χ2v) is 6.12. The SMILES string of the molecule is O=C(NCCn1c(C2CC2)n[nH]c1=S)c1cccc(C(F)(F)F)c1F. The van der Waals surface area contributed by atoms with Crippen molar-refractivity contribution < 1.29 is 22.4 Å². The van der Waals surface area contributed by atoms with Crippen molar-refractivity contribution in [2.45, 2.75) is 31.5 Å². The van der Waals surface area contributed by atoms with Crippen LogP contribution in [0.1, 0.15) is 40.5 Å². The van der Waals surface area contributed by atoms with Crippen LogP contribution in [0.15, 0.2) is 18.2 Å². The van der Waals surface area contributed by atoms with Gasteiger partial charge >= 0.3 is 6.18 Å². The summed E-state index contributed by atoms with van der Waals surface area (Å²) in [4.78, 5) is 12.0. The number of nitrogens with zero attached hydrogens (tertiary/aromatic N) is 2. The lowest BCUT2D eigenvalue weighted by Crippen LogP contribution is -2.29. The predicted molar refractivity (Wildman–Crippen MR) is 83.1 cm³/mol. The third-order valence-corrected chi connectivity index (χ3v) is 4.21. The lowest BCUT2D eigenvalue weighted by molar-refractivity contribution is -0.140. The number of hydrogen-bond acceptors (Lipinski definition) is 3. The fraction of sp³-hybridized carbons (Fsp3) is 0.400. The fourth-order valence-corrected chi connectivity index (χ4v) is 2.73. The van der Waals surface area contributed by atoms with Crippen LogP contribution in [0.4, 0.5) is 17.6 Å². The van der Waals surface area contributed by atoms with Gasteiger partial charge < -0.3 is 9.88 Å². The first-order valence-corrected chi connectivity index (χ1v) is 7.99. The zero-order valence-corrected chi connectivity index (χ0v) is 13.7. The van der Waals surface area contributed by atoms with Crippen LogP contribution in [0.2, 0.25) is 0 Å². The van der Waals surface area contributed by atoms with E-state index in [4.69, 9.17) is 12.2 Å². The Morgan fingerprint density at radius 1 is 1.40 bits per heavy atom. The van der Waals surface area contributed by atoms with Crippen molar-refractivity contribution in [3.63, 3.8) is 0 Å². The van der Waals surface area contributed by atoms with Gasteiger partial charge in [0.1, 0.15) is 11.6 Å². The van der Waals surface area contributed by atoms with E-state index < -0.39 is 29.0 Å². The molecule has 0 radical (unpaired) electrons. The number of aromatic nitrogens is 3. The van der Waals surface area contributed by atoms with Crippen LogP contribution in [0.5, 0.6) is 0 Å². The molecule has 10 heteroatoms. The molecule has 1 aromatic heterocycles. The van der Waals surface area contributed by atoms with Crippen LogP contribution in [-0.4, -0.2) is 27.2 Å². The highest BCUT2D eigenvalue weighted by Gasteiger charge is 2.35. The van der Waals surface area contributed by atoms with Crippen molar-refractivity contribution in [3.8, 4) is 0 Å². The minimum Gasteiger partial charge on any atom is -0.350 e. The molecular weight excluding hydrogens is 360 g/mol. The molecule has 3 rings (SSSR count). The van der Waals surface area contributed by atoms with Gasteiger partial charge in [-0.1, -0.05) is 6.07 Å². The predicted octanol–water partition coefficient (Wildman–Crippen LogP) is 3.41. The van der Waals surface area contributed by atoms with E-state index in [0.29, 0.717) is 23.3 Å². The summed E-state index contributed by atoms with van der Waals surface area (Å²) in [5.74, 6) is -1.35. The van der Waals surface area contributed by atoms with E-state index in [1.807, 2.05) is 0 Å². The summed E-state index contributed by atoms with van der Waals surface area (Å²) in [5.41, 5.74) is -2.11. The summed E-state index contributed by atoms with van der Waals surface area (Å²) in [7, 11) is 0. The Morgan fingerprint density at radius 3 is 2.76 bits per heavy atom. The van der Waals surface area contributed by atoms with Gasteiger partial charge in [0.2, 0.25) is 0 Å². The molecule has 0 spiro atoms. The van der Waals surface area contributed by atoms with Crippen LogP contribution in [-0.2, 0) is 12.7 Å². The number of rotatable bonds is 5. The molecular formula is C15H14F4N4OS. The molecule has 1 amide bonds. The summed E-state index contributed by atoms with van der Waals surface area (Å²) in [5, 5.41) is 9.23. The number of alkyl halides is 3. The first-order chi connectivity index (χ1) is 11.8. The van der Waals surface area contributed by atoms with Crippen LogP contribution in [0.25, 0.3) is 0 Å². The third kappa shape index (κ3) is 3.73. The van der Waals surface area contributed by atoms with Gasteiger partial charge in [0.15, 0.2) is 4.77 Å². The molecule has 1 aliphatic rings. The van der Waals surface area contributed by atoms with E-state index in [2.05, 4.69) is 15.5 Å². The van der Waals surface area contributed by atoms with Crippen LogP contribution in [0.3, 0.4) is 0 Å². The van der Waals surface area contributed by atoms with Crippen molar-refractivity contribution in [2.24, 2.45) is 0 Å². The Kier molecular flexibility index (Phi) is 4.63. The van der Waals surface area contributed by atoms with Crippen LogP contribution < -0.4 is 5.32 Å². The number of nitrogens with one attached hydrogen (secondary N) is 2. The van der Waals surface area contributed by atoms with Gasteiger partial charge in [-0.05, 0) is 37.2 Å². The van der Waals surface area contributed by atoms with E-state index in [0.717, 1.165) is 30.8 Å². The van der Waals surface area contributed by atoms with E-state index in [9.17, 15) is 22.4 Å². The highest BCUT2D eigenvalue weighted by molar-refractivity contribution is 7.71. The first kappa shape index (κ1) is 17.6. The van der Waals surface area contributed by atoms with E-state index in [-0.39, 0.29) is 6.54 Å². The molecule has 2 N–H and O–H groups in total. The smallest absolute Gasteiger partial charge is 0.350 e. The Hall–Kier alpha value is -2.23. The molecule has 1 heterocycles. The number of halogens is 4. The standard InChI is InChI=1S/C15H14F4N4OS/c16-11-9(2-1-3-10(11)15(17,18)19)13(24)20-6-7-23-12(8-4-5-8)21-22-14(23)25/h1-3,8H,4-7H2,(H,20,24)(H,22,25). The quantitative estimate of drug-likeness (QED) is 0.623. The molecule has 1 aromatic carbocycles. The maximum atomic E-state index is 13.9. The van der Waals surface area contributed by atoms with Crippen molar-refractivity contribution >= 4 is 18.1 Å². The average Bonchev–Trinajstić information content (AvgIpc) is 3.31. The topological polar surface area (TPSA) is 62.7 Å². The molecule has 1 saturated carbocycles. The van der Waals surface area contributed by atoms with E-state index in [1.165, 1.54) is 0 Å². The number of amides is 1. The zero-order chi connectivity index (χ0) is 18.2. The van der Waals surface area contributed by atoms with Crippen LogP contribution in [0, 0.1) is 10.6 Å². The van der Waals surface area contributed by atoms with Crippen LogP contribution >= 0.6 is 12.2 Å². The van der Waals surface area contributed by atoms with Gasteiger partial charge in [0.25, 0.3) is 5.91 Å². The third-order valence-electron chi connectivity index (χ3n) is 3.90. The number of carbonyl (C=O) groups excluding carboxylic acids is 1. The van der Waals surface area contributed by atoms with Crippen molar-refractivity contribution in [3.05, 3.63) is 45.7 Å². The molecule has 134 valence electrons. The maximum absolute atomic E-state index is 13.9. The summed E-state index contributed by atoms with van der Waals surface area (Å²) in [6.07, 6.45) is -2.83. The van der Waals surface area contributed by atoms with Gasteiger partial charge in [-0.3, -0.25) is 9.89 Å². The Bertz CT molecular complexity index is 854. The molecule has 0 atom stereocenters. The van der Waals surface area contributed by atoms with E-state index >= 15 is 0 Å². The monoisotopic (exact) mass is 374 g/mol. The zero-order valence-electron chi connectivity index (χ0n) is 12.9. The average molecular weight is 374 g/mol. The summed E-state index contributed by atoms with van der Waals surface area (Å²) in [6.45, 7) is 0.384. The minimum atomic E-state index is -4.86. The molecule has 25 heavy (non-hydrogen) atoms. The largest absolute Gasteiger partial charge is 0.419 e. The van der Waals surface area contributed by atoms with Gasteiger partial charge in [-0.15, -0.1) is 0 Å². The molecule has 0 saturated heterocycles. The van der Waals surface area contributed by atoms with Crippen molar-refractivity contribution in [2.75, 3.05) is 6.54 Å². The highest BCUT2D eigenvalue weighted by atomic mass is 32.1.